The molecule has 1 fully saturated rings. The average molecular weight is 263 g/mol. The van der Waals surface area contributed by atoms with Crippen LogP contribution in [0.5, 0.6) is 0 Å². The van der Waals surface area contributed by atoms with E-state index in [1.165, 1.54) is 12.1 Å². The molecule has 1 N–H and O–H groups in total. The molecule has 5 heteroatoms. The molecule has 1 unspecified atom stereocenters. The zero-order valence-corrected chi connectivity index (χ0v) is 11.0. The third-order valence-corrected chi connectivity index (χ3v) is 3.29. The minimum absolute atomic E-state index is 0.0600. The maximum absolute atomic E-state index is 13.2. The molecule has 0 amide bonds. The third kappa shape index (κ3) is 3.66. The average Bonchev–Trinajstić information content (AvgIpc) is 2.46. The van der Waals surface area contributed by atoms with E-state index in [2.05, 4.69) is 17.1 Å². The van der Waals surface area contributed by atoms with E-state index in [9.17, 15) is 4.39 Å². The Hall–Kier alpha value is -1.64. The van der Waals surface area contributed by atoms with Gasteiger partial charge in [-0.05, 0) is 24.7 Å². The second-order valence-electron chi connectivity index (χ2n) is 4.57. The van der Waals surface area contributed by atoms with Crippen LogP contribution in [0.25, 0.3) is 0 Å². The van der Waals surface area contributed by atoms with Crippen LogP contribution < -0.4 is 5.32 Å². The number of rotatable bonds is 4. The zero-order chi connectivity index (χ0) is 13.7. The van der Waals surface area contributed by atoms with Gasteiger partial charge < -0.3 is 10.1 Å². The zero-order valence-electron chi connectivity index (χ0n) is 11.0. The second kappa shape index (κ2) is 6.50. The van der Waals surface area contributed by atoms with Crippen molar-refractivity contribution in [3.05, 3.63) is 29.6 Å². The number of halogens is 1. The van der Waals surface area contributed by atoms with Crippen molar-refractivity contribution in [3.63, 3.8) is 0 Å². The number of hydrogen-bond acceptors (Lipinski definition) is 4. The Morgan fingerprint density at radius 2 is 2.42 bits per heavy atom. The molecule has 19 heavy (non-hydrogen) atoms. The number of benzene rings is 1. The van der Waals surface area contributed by atoms with Crippen LogP contribution in [-0.4, -0.2) is 43.8 Å². The summed E-state index contributed by atoms with van der Waals surface area (Å²) in [5.41, 5.74) is 0.805. The quantitative estimate of drug-likeness (QED) is 0.900. The van der Waals surface area contributed by atoms with E-state index in [4.69, 9.17) is 10.00 Å². The summed E-state index contributed by atoms with van der Waals surface area (Å²) in [4.78, 5) is 2.33. The lowest BCUT2D eigenvalue weighted by Gasteiger charge is -2.32. The first-order chi connectivity index (χ1) is 9.22. The van der Waals surface area contributed by atoms with Crippen LogP contribution in [0.15, 0.2) is 18.2 Å². The van der Waals surface area contributed by atoms with Crippen LogP contribution in [0.4, 0.5) is 10.1 Å². The van der Waals surface area contributed by atoms with Crippen molar-refractivity contribution in [3.8, 4) is 6.07 Å². The lowest BCUT2D eigenvalue weighted by Crippen LogP contribution is -2.45. The van der Waals surface area contributed by atoms with Crippen molar-refractivity contribution >= 4 is 5.69 Å². The Morgan fingerprint density at radius 3 is 3.16 bits per heavy atom. The first-order valence-corrected chi connectivity index (χ1v) is 6.50. The van der Waals surface area contributed by atoms with Crippen molar-refractivity contribution in [2.75, 3.05) is 38.1 Å². The molecule has 4 nitrogen and oxygen atoms in total. The molecule has 0 bridgehead atoms. The van der Waals surface area contributed by atoms with Gasteiger partial charge in [-0.1, -0.05) is 6.92 Å². The van der Waals surface area contributed by atoms with Crippen LogP contribution >= 0.6 is 0 Å². The van der Waals surface area contributed by atoms with Crippen LogP contribution in [0.2, 0.25) is 0 Å². The molecule has 1 aliphatic rings. The molecular weight excluding hydrogens is 245 g/mol. The minimum atomic E-state index is -0.487. The van der Waals surface area contributed by atoms with Gasteiger partial charge in [0.2, 0.25) is 0 Å². The van der Waals surface area contributed by atoms with Gasteiger partial charge in [0, 0.05) is 25.3 Å². The molecule has 1 atom stereocenters. The number of nitrogens with zero attached hydrogens (tertiary/aromatic N) is 2. The smallest absolute Gasteiger partial charge is 0.141 e. The molecule has 1 aromatic rings. The third-order valence-electron chi connectivity index (χ3n) is 3.29. The number of hydrogen-bond donors (Lipinski definition) is 1. The molecule has 1 aliphatic heterocycles. The van der Waals surface area contributed by atoms with Crippen molar-refractivity contribution in [2.45, 2.75) is 13.0 Å². The highest BCUT2D eigenvalue weighted by Crippen LogP contribution is 2.14. The van der Waals surface area contributed by atoms with Gasteiger partial charge in [0.25, 0.3) is 0 Å². The van der Waals surface area contributed by atoms with E-state index in [0.29, 0.717) is 6.54 Å². The fraction of sp³-hybridized carbons (Fsp3) is 0.500. The monoisotopic (exact) mass is 263 g/mol. The Balaban J connectivity index is 1.90. The Labute approximate surface area is 112 Å². The summed E-state index contributed by atoms with van der Waals surface area (Å²) in [6.07, 6.45) is 0.129. The van der Waals surface area contributed by atoms with Crippen LogP contribution in [0.1, 0.15) is 12.5 Å². The Morgan fingerprint density at radius 1 is 1.58 bits per heavy atom. The predicted octanol–water partition coefficient (Wildman–Crippen LogP) is 1.83. The molecule has 0 aliphatic carbocycles. The second-order valence-corrected chi connectivity index (χ2v) is 4.57. The van der Waals surface area contributed by atoms with E-state index in [-0.39, 0.29) is 11.7 Å². The highest BCUT2D eigenvalue weighted by Gasteiger charge is 2.18. The normalized spacial score (nSPS) is 19.9. The minimum Gasteiger partial charge on any atom is -0.382 e. The van der Waals surface area contributed by atoms with Gasteiger partial charge in [0.15, 0.2) is 0 Å². The standard InChI is InChI=1S/C14H18FN3O/c1-2-18-5-6-19-13(10-18)9-17-12-3-4-14(15)11(7-12)8-16/h3-4,7,13,17H,2,5-6,9-10H2,1H3. The summed E-state index contributed by atoms with van der Waals surface area (Å²) >= 11 is 0. The molecule has 0 aromatic heterocycles. The summed E-state index contributed by atoms with van der Waals surface area (Å²) < 4.78 is 18.8. The predicted molar refractivity (Wildman–Crippen MR) is 71.5 cm³/mol. The first kappa shape index (κ1) is 13.8. The van der Waals surface area contributed by atoms with Crippen molar-refractivity contribution in [1.29, 1.82) is 5.26 Å². The van der Waals surface area contributed by atoms with Crippen LogP contribution in [0, 0.1) is 17.1 Å². The van der Waals surface area contributed by atoms with Gasteiger partial charge in [0.1, 0.15) is 11.9 Å². The summed E-state index contributed by atoms with van der Waals surface area (Å²) in [6.45, 7) is 6.43. The van der Waals surface area contributed by atoms with Gasteiger partial charge in [-0.3, -0.25) is 4.90 Å². The summed E-state index contributed by atoms with van der Waals surface area (Å²) in [7, 11) is 0. The summed E-state index contributed by atoms with van der Waals surface area (Å²) in [5, 5.41) is 12.0. The molecule has 0 saturated carbocycles. The number of nitriles is 1. The molecule has 0 spiro atoms. The fourth-order valence-corrected chi connectivity index (χ4v) is 2.14. The van der Waals surface area contributed by atoms with Gasteiger partial charge in [-0.15, -0.1) is 0 Å². The van der Waals surface area contributed by atoms with Gasteiger partial charge in [-0.2, -0.15) is 5.26 Å². The summed E-state index contributed by atoms with van der Waals surface area (Å²) in [5.74, 6) is -0.487. The number of anilines is 1. The van der Waals surface area contributed by atoms with Crippen LogP contribution in [0.3, 0.4) is 0 Å². The van der Waals surface area contributed by atoms with Gasteiger partial charge in [-0.25, -0.2) is 4.39 Å². The topological polar surface area (TPSA) is 48.3 Å². The highest BCUT2D eigenvalue weighted by molar-refractivity contribution is 5.49. The van der Waals surface area contributed by atoms with E-state index in [1.807, 2.05) is 6.07 Å². The van der Waals surface area contributed by atoms with Crippen molar-refractivity contribution < 1.29 is 9.13 Å². The number of likely N-dealkylation sites (N-methyl/N-ethyl adjacent to an activating group) is 1. The Bertz CT molecular complexity index is 472. The molecular formula is C14H18FN3O. The van der Waals surface area contributed by atoms with Crippen molar-refractivity contribution in [1.82, 2.24) is 4.90 Å². The maximum Gasteiger partial charge on any atom is 0.141 e. The molecule has 1 heterocycles. The first-order valence-electron chi connectivity index (χ1n) is 6.50. The maximum atomic E-state index is 13.2. The summed E-state index contributed by atoms with van der Waals surface area (Å²) in [6, 6.07) is 6.30. The number of morpholine rings is 1. The Kier molecular flexibility index (Phi) is 4.72. The lowest BCUT2D eigenvalue weighted by atomic mass is 10.2. The van der Waals surface area contributed by atoms with Crippen LogP contribution in [-0.2, 0) is 4.74 Å². The van der Waals surface area contributed by atoms with E-state index < -0.39 is 5.82 Å². The highest BCUT2D eigenvalue weighted by atomic mass is 19.1. The van der Waals surface area contributed by atoms with E-state index in [0.717, 1.165) is 31.9 Å². The molecule has 102 valence electrons. The number of ether oxygens (including phenoxy) is 1. The van der Waals surface area contributed by atoms with E-state index in [1.54, 1.807) is 6.07 Å². The molecule has 2 rings (SSSR count). The molecule has 1 saturated heterocycles. The van der Waals surface area contributed by atoms with E-state index >= 15 is 0 Å². The van der Waals surface area contributed by atoms with Gasteiger partial charge >= 0.3 is 0 Å². The van der Waals surface area contributed by atoms with Crippen molar-refractivity contribution in [2.24, 2.45) is 0 Å². The SMILES string of the molecule is CCN1CCOC(CNc2ccc(F)c(C#N)c2)C1. The fourth-order valence-electron chi connectivity index (χ4n) is 2.14. The van der Waals surface area contributed by atoms with Gasteiger partial charge in [0.05, 0.1) is 18.3 Å². The number of nitrogens with one attached hydrogen (secondary N) is 1. The lowest BCUT2D eigenvalue weighted by molar-refractivity contribution is -0.0191. The largest absolute Gasteiger partial charge is 0.382 e. The molecule has 0 radical (unpaired) electrons. The molecule has 1 aromatic carbocycles.